The Kier molecular flexibility index (Phi) is 4.34. The van der Waals surface area contributed by atoms with Gasteiger partial charge in [0.15, 0.2) is 11.3 Å². The summed E-state index contributed by atoms with van der Waals surface area (Å²) >= 11 is 4.59. The predicted molar refractivity (Wildman–Crippen MR) is 113 cm³/mol. The van der Waals surface area contributed by atoms with Crippen LogP contribution in [-0.4, -0.2) is 43.5 Å². The fraction of sp³-hybridized carbons (Fsp3) is 0.250. The summed E-state index contributed by atoms with van der Waals surface area (Å²) in [6.07, 6.45) is -1.29. The van der Waals surface area contributed by atoms with Crippen molar-refractivity contribution in [3.05, 3.63) is 62.9 Å². The molecule has 0 spiro atoms. The first kappa shape index (κ1) is 18.0. The Labute approximate surface area is 189 Å². The lowest BCUT2D eigenvalue weighted by molar-refractivity contribution is -0.136. The second-order valence-corrected chi connectivity index (χ2v) is 8.66. The third-order valence-corrected chi connectivity index (χ3v) is 6.75. The topological polar surface area (TPSA) is 66.3 Å². The minimum Gasteiger partial charge on any atom is -0.337 e. The van der Waals surface area contributed by atoms with E-state index in [1.165, 1.54) is 39.2 Å². The molecule has 1 amide bonds. The van der Waals surface area contributed by atoms with Crippen LogP contribution in [0.5, 0.6) is 0 Å². The monoisotopic (exact) mass is 513 g/mol. The lowest BCUT2D eigenvalue weighted by atomic mass is 10.1. The Morgan fingerprint density at radius 2 is 2.26 bits per heavy atom. The predicted octanol–water partition coefficient (Wildman–Crippen LogP) is 5.20. The first-order valence-electron chi connectivity index (χ1n) is 10.2. The number of alkyl halides is 3. The highest BCUT2D eigenvalue weighted by Crippen LogP contribution is 2.38. The second-order valence-electron chi connectivity index (χ2n) is 6.96. The Morgan fingerprint density at radius 3 is 2.94 bits per heavy atom. The van der Waals surface area contributed by atoms with Crippen molar-refractivity contribution in [2.75, 3.05) is 13.1 Å². The van der Waals surface area contributed by atoms with Gasteiger partial charge in [0, 0.05) is 50.1 Å². The first-order valence-corrected chi connectivity index (χ1v) is 10.8. The molecule has 6 nitrogen and oxygen atoms in total. The number of carbonyl (C=O) groups is 1. The molecule has 0 saturated carbocycles. The van der Waals surface area contributed by atoms with E-state index in [-0.39, 0.29) is 29.0 Å². The van der Waals surface area contributed by atoms with E-state index in [1.807, 2.05) is 0 Å². The van der Waals surface area contributed by atoms with Gasteiger partial charge in [0.2, 0.25) is 0 Å². The van der Waals surface area contributed by atoms with Gasteiger partial charge in [0.25, 0.3) is 5.91 Å². The molecule has 4 aromatic rings. The molecule has 1 aliphatic rings. The molecule has 31 heavy (non-hydrogen) atoms. The molecule has 2 atom stereocenters. The zero-order valence-corrected chi connectivity index (χ0v) is 18.1. The standard InChI is InChI=1S/C20H15BrF3N5OS/c21-17-16(19(30)28-4-3-11(9-28)15-2-1-5-31-15)27-18-14(20(22,23)24)6-12(10-29(17)18)13-7-25-26-8-13/h1-2,5-8,10-11H,3-4,9H2,(H,25,26)/i3T,11T. The third kappa shape index (κ3) is 3.55. The maximum Gasteiger partial charge on any atom is 0.420 e. The van der Waals surface area contributed by atoms with Crippen molar-refractivity contribution in [3.63, 3.8) is 0 Å². The van der Waals surface area contributed by atoms with Crippen LogP contribution in [0, 0.1) is 0 Å². The van der Waals surface area contributed by atoms with Gasteiger partial charge in [-0.15, -0.1) is 11.3 Å². The van der Waals surface area contributed by atoms with Gasteiger partial charge in [-0.3, -0.25) is 14.3 Å². The van der Waals surface area contributed by atoms with Crippen LogP contribution in [0.1, 0.15) is 36.0 Å². The Balaban J connectivity index is 1.58. The van der Waals surface area contributed by atoms with Crippen molar-refractivity contribution in [2.45, 2.75) is 18.5 Å². The molecule has 5 heterocycles. The van der Waals surface area contributed by atoms with E-state index in [0.29, 0.717) is 10.4 Å². The molecule has 1 fully saturated rings. The van der Waals surface area contributed by atoms with E-state index in [0.717, 1.165) is 6.07 Å². The second kappa shape index (κ2) is 7.49. The molecule has 1 N–H and O–H groups in total. The number of aromatic nitrogens is 4. The number of aromatic amines is 1. The normalized spacial score (nSPS) is 22.7. The van der Waals surface area contributed by atoms with E-state index in [2.05, 4.69) is 31.1 Å². The number of fused-ring (bicyclic) bond motifs is 1. The molecular weight excluding hydrogens is 495 g/mol. The molecule has 0 aromatic carbocycles. The van der Waals surface area contributed by atoms with Crippen LogP contribution in [0.3, 0.4) is 0 Å². The number of hydrogen-bond donors (Lipinski definition) is 1. The molecule has 0 radical (unpaired) electrons. The summed E-state index contributed by atoms with van der Waals surface area (Å²) in [5.41, 5.74) is -0.915. The number of amides is 1. The van der Waals surface area contributed by atoms with Crippen LogP contribution in [0.25, 0.3) is 16.8 Å². The molecule has 5 rings (SSSR count). The number of imidazole rings is 1. The molecule has 0 aliphatic carbocycles. The molecule has 11 heteroatoms. The maximum absolute atomic E-state index is 13.9. The number of rotatable bonds is 3. The summed E-state index contributed by atoms with van der Waals surface area (Å²) in [4.78, 5) is 19.3. The molecule has 1 saturated heterocycles. The Hall–Kier alpha value is -2.66. The average molecular weight is 514 g/mol. The van der Waals surface area contributed by atoms with Crippen molar-refractivity contribution in [1.29, 1.82) is 0 Å². The lowest BCUT2D eigenvalue weighted by Crippen LogP contribution is -2.29. The fourth-order valence-corrected chi connectivity index (χ4v) is 4.82. The Morgan fingerprint density at radius 1 is 1.42 bits per heavy atom. The largest absolute Gasteiger partial charge is 0.420 e. The number of carbonyl (C=O) groups excluding carboxylic acids is 1. The summed E-state index contributed by atoms with van der Waals surface area (Å²) in [5, 5.41) is 8.16. The highest BCUT2D eigenvalue weighted by atomic mass is 79.9. The quantitative estimate of drug-likeness (QED) is 0.409. The van der Waals surface area contributed by atoms with Gasteiger partial charge in [-0.05, 0) is 39.8 Å². The summed E-state index contributed by atoms with van der Waals surface area (Å²) in [6, 6.07) is 4.50. The van der Waals surface area contributed by atoms with Crippen molar-refractivity contribution in [3.8, 4) is 11.1 Å². The van der Waals surface area contributed by atoms with E-state index in [4.69, 9.17) is 2.74 Å². The van der Waals surface area contributed by atoms with Crippen LogP contribution < -0.4 is 0 Å². The highest BCUT2D eigenvalue weighted by Gasteiger charge is 2.37. The maximum atomic E-state index is 13.9. The number of hydrogen-bond acceptors (Lipinski definition) is 4. The van der Waals surface area contributed by atoms with E-state index in [9.17, 15) is 18.0 Å². The zero-order chi connectivity index (χ0) is 23.5. The fourth-order valence-electron chi connectivity index (χ4n) is 3.53. The van der Waals surface area contributed by atoms with Crippen LogP contribution in [0.15, 0.2) is 46.8 Å². The number of nitrogens with zero attached hydrogens (tertiary/aromatic N) is 4. The Bertz CT molecular complexity index is 1340. The zero-order valence-electron chi connectivity index (χ0n) is 17.7. The van der Waals surface area contributed by atoms with Crippen LogP contribution in [0.4, 0.5) is 13.2 Å². The van der Waals surface area contributed by atoms with Gasteiger partial charge in [-0.2, -0.15) is 18.3 Å². The lowest BCUT2D eigenvalue weighted by Gasteiger charge is -2.15. The minimum absolute atomic E-state index is 0.0209. The van der Waals surface area contributed by atoms with Crippen LogP contribution in [0.2, 0.25) is 0 Å². The minimum atomic E-state index is -4.71. The molecule has 4 aromatic heterocycles. The van der Waals surface area contributed by atoms with Crippen LogP contribution in [-0.2, 0) is 6.18 Å². The molecular formula is C20H15BrF3N5OS. The van der Waals surface area contributed by atoms with Gasteiger partial charge < -0.3 is 4.90 Å². The van der Waals surface area contributed by atoms with E-state index < -0.39 is 35.6 Å². The smallest absolute Gasteiger partial charge is 0.337 e. The van der Waals surface area contributed by atoms with Gasteiger partial charge in [-0.1, -0.05) is 6.07 Å². The van der Waals surface area contributed by atoms with Crippen molar-refractivity contribution in [1.82, 2.24) is 24.5 Å². The van der Waals surface area contributed by atoms with Crippen LogP contribution >= 0.6 is 27.3 Å². The number of halogens is 4. The van der Waals surface area contributed by atoms with Crippen molar-refractivity contribution >= 4 is 38.8 Å². The number of pyridine rings is 1. The van der Waals surface area contributed by atoms with E-state index >= 15 is 0 Å². The molecule has 2 unspecified atom stereocenters. The molecule has 160 valence electrons. The number of H-pyrrole nitrogens is 1. The third-order valence-electron chi connectivity index (χ3n) is 5.05. The van der Waals surface area contributed by atoms with Gasteiger partial charge in [0.05, 0.1) is 11.8 Å². The van der Waals surface area contributed by atoms with E-state index in [1.54, 1.807) is 17.5 Å². The average Bonchev–Trinajstić information content (AvgIpc) is 3.55. The highest BCUT2D eigenvalue weighted by molar-refractivity contribution is 9.10. The number of thiophene rings is 1. The summed E-state index contributed by atoms with van der Waals surface area (Å²) in [5.74, 6) is -1.94. The van der Waals surface area contributed by atoms with Gasteiger partial charge >= 0.3 is 6.18 Å². The summed E-state index contributed by atoms with van der Waals surface area (Å²) in [6.45, 7) is -0.0693. The summed E-state index contributed by atoms with van der Waals surface area (Å²) in [7, 11) is 0. The molecule has 1 aliphatic heterocycles. The number of nitrogens with one attached hydrogen (secondary N) is 1. The van der Waals surface area contributed by atoms with Gasteiger partial charge in [0.1, 0.15) is 4.60 Å². The summed E-state index contributed by atoms with van der Waals surface area (Å²) < 4.78 is 59.9. The number of likely N-dealkylation sites (tertiary alicyclic amines) is 1. The van der Waals surface area contributed by atoms with Gasteiger partial charge in [-0.25, -0.2) is 4.98 Å². The van der Waals surface area contributed by atoms with Crippen molar-refractivity contribution in [2.24, 2.45) is 0 Å². The SMILES string of the molecule is [3H]C1CN(C(=O)c2nc3c(C(F)(F)F)cc(-c4cn[nH]c4)cn3c2Br)CC1([3H])c1cccs1. The van der Waals surface area contributed by atoms with Crippen molar-refractivity contribution < 1.29 is 20.7 Å². The first-order chi connectivity index (χ1) is 15.6. The molecule has 0 bridgehead atoms.